The lowest BCUT2D eigenvalue weighted by atomic mass is 10.1. The van der Waals surface area contributed by atoms with Crippen molar-refractivity contribution in [3.05, 3.63) is 59.7 Å². The Labute approximate surface area is 109 Å². The van der Waals surface area contributed by atoms with E-state index in [-0.39, 0.29) is 0 Å². The fourth-order valence-corrected chi connectivity index (χ4v) is 1.49. The summed E-state index contributed by atoms with van der Waals surface area (Å²) in [4.78, 5) is 0. The van der Waals surface area contributed by atoms with Gasteiger partial charge in [-0.3, -0.25) is 0 Å². The van der Waals surface area contributed by atoms with Crippen LogP contribution in [0.3, 0.4) is 0 Å². The van der Waals surface area contributed by atoms with E-state index in [2.05, 4.69) is 52.7 Å². The maximum atomic E-state index is 3.68. The quantitative estimate of drug-likeness (QED) is 0.313. The van der Waals surface area contributed by atoms with Crippen molar-refractivity contribution >= 4 is 6.21 Å². The topological polar surface area (TPSA) is 37.1 Å². The van der Waals surface area contributed by atoms with Crippen molar-refractivity contribution in [2.45, 2.75) is 19.8 Å². The molecule has 0 aliphatic heterocycles. The maximum Gasteiger partial charge on any atom is 0.0513 e. The summed E-state index contributed by atoms with van der Waals surface area (Å²) in [6, 6.07) is 8.67. The molecular weight excluding hydrogens is 222 g/mol. The van der Waals surface area contributed by atoms with Crippen LogP contribution in [0.2, 0.25) is 0 Å². The summed E-state index contributed by atoms with van der Waals surface area (Å²) < 4.78 is 0. The van der Waals surface area contributed by atoms with Crippen molar-refractivity contribution in [3.63, 3.8) is 0 Å². The molecule has 0 unspecified atom stereocenters. The van der Waals surface area contributed by atoms with E-state index in [1.165, 1.54) is 11.1 Å². The van der Waals surface area contributed by atoms with Crippen LogP contribution in [-0.2, 0) is 12.8 Å². The zero-order valence-electron chi connectivity index (χ0n) is 11.0. The average Bonchev–Trinajstić information content (AvgIpc) is 2.42. The van der Waals surface area contributed by atoms with Crippen LogP contribution in [0.5, 0.6) is 0 Å². The van der Waals surface area contributed by atoms with Gasteiger partial charge in [0, 0.05) is 0 Å². The highest BCUT2D eigenvalue weighted by Crippen LogP contribution is 2.07. The molecule has 18 heavy (non-hydrogen) atoms. The molecule has 1 aromatic carbocycles. The van der Waals surface area contributed by atoms with Crippen molar-refractivity contribution in [2.24, 2.45) is 15.4 Å². The smallest absolute Gasteiger partial charge is 0.0513 e. The second-order valence-electron chi connectivity index (χ2n) is 3.74. The van der Waals surface area contributed by atoms with Gasteiger partial charge in [0.05, 0.1) is 13.3 Å². The lowest BCUT2D eigenvalue weighted by Crippen LogP contribution is -1.84. The Morgan fingerprint density at radius 1 is 1.11 bits per heavy atom. The Balaban J connectivity index is 2.40. The van der Waals surface area contributed by atoms with E-state index >= 15 is 0 Å². The lowest BCUT2D eigenvalue weighted by Gasteiger charge is -1.99. The predicted octanol–water partition coefficient (Wildman–Crippen LogP) is 3.97. The van der Waals surface area contributed by atoms with Gasteiger partial charge in [0.2, 0.25) is 0 Å². The summed E-state index contributed by atoms with van der Waals surface area (Å²) in [5, 5.41) is 10.7. The average molecular weight is 241 g/mol. The first-order valence-electron chi connectivity index (χ1n) is 6.08. The second kappa shape index (κ2) is 9.05. The highest BCUT2D eigenvalue weighted by atomic mass is 15.3. The zero-order chi connectivity index (χ0) is 13.1. The van der Waals surface area contributed by atoms with Gasteiger partial charge in [-0.2, -0.15) is 5.11 Å². The molecule has 0 radical (unpaired) electrons. The SMILES string of the molecule is CCc1cccc(C/C=C/C=C/C=N/N=NC)c1. The number of hydrogen-bond acceptors (Lipinski definition) is 2. The van der Waals surface area contributed by atoms with Crippen molar-refractivity contribution < 1.29 is 0 Å². The summed E-state index contributed by atoms with van der Waals surface area (Å²) in [5.41, 5.74) is 2.72. The number of nitrogens with zero attached hydrogens (tertiary/aromatic N) is 3. The minimum atomic E-state index is 0.948. The van der Waals surface area contributed by atoms with E-state index in [0.29, 0.717) is 0 Å². The molecule has 0 aliphatic carbocycles. The molecule has 0 N–H and O–H groups in total. The highest BCUT2D eigenvalue weighted by Gasteiger charge is 1.91. The fourth-order valence-electron chi connectivity index (χ4n) is 1.49. The summed E-state index contributed by atoms with van der Waals surface area (Å²) in [6.45, 7) is 2.17. The van der Waals surface area contributed by atoms with Gasteiger partial charge in [-0.05, 0) is 35.3 Å². The van der Waals surface area contributed by atoms with Gasteiger partial charge in [-0.25, -0.2) is 0 Å². The Hall–Kier alpha value is -2.03. The van der Waals surface area contributed by atoms with Crippen LogP contribution in [0.1, 0.15) is 18.1 Å². The zero-order valence-corrected chi connectivity index (χ0v) is 11.0. The van der Waals surface area contributed by atoms with Crippen LogP contribution in [0.4, 0.5) is 0 Å². The Morgan fingerprint density at radius 2 is 1.94 bits per heavy atom. The monoisotopic (exact) mass is 241 g/mol. The fraction of sp³-hybridized carbons (Fsp3) is 0.267. The van der Waals surface area contributed by atoms with Gasteiger partial charge in [-0.15, -0.1) is 5.10 Å². The third kappa shape index (κ3) is 5.89. The molecule has 0 fully saturated rings. The van der Waals surface area contributed by atoms with Crippen LogP contribution >= 0.6 is 0 Å². The van der Waals surface area contributed by atoms with Crippen molar-refractivity contribution in [3.8, 4) is 0 Å². The summed E-state index contributed by atoms with van der Waals surface area (Å²) >= 11 is 0. The van der Waals surface area contributed by atoms with Crippen LogP contribution in [0.25, 0.3) is 0 Å². The molecule has 0 spiro atoms. The molecule has 0 aliphatic rings. The van der Waals surface area contributed by atoms with Crippen LogP contribution in [-0.4, -0.2) is 13.3 Å². The first-order chi connectivity index (χ1) is 8.86. The Morgan fingerprint density at radius 3 is 2.72 bits per heavy atom. The lowest BCUT2D eigenvalue weighted by molar-refractivity contribution is 1.03. The molecule has 0 saturated heterocycles. The van der Waals surface area contributed by atoms with Crippen LogP contribution in [0, 0.1) is 0 Å². The largest absolute Gasteiger partial charge is 0.172 e. The van der Waals surface area contributed by atoms with Crippen LogP contribution < -0.4 is 0 Å². The Kier molecular flexibility index (Phi) is 7.05. The van der Waals surface area contributed by atoms with Crippen molar-refractivity contribution in [2.75, 3.05) is 7.05 Å². The maximum absolute atomic E-state index is 3.68. The van der Waals surface area contributed by atoms with E-state index < -0.39 is 0 Å². The van der Waals surface area contributed by atoms with Gasteiger partial charge in [0.1, 0.15) is 0 Å². The Bertz CT molecular complexity index is 457. The molecule has 0 amide bonds. The van der Waals surface area contributed by atoms with Crippen LogP contribution in [0.15, 0.2) is 64.0 Å². The highest BCUT2D eigenvalue weighted by molar-refractivity contribution is 5.71. The molecule has 1 rings (SSSR count). The molecule has 94 valence electrons. The number of aryl methyl sites for hydroxylation is 1. The second-order valence-corrected chi connectivity index (χ2v) is 3.74. The number of rotatable bonds is 6. The van der Waals surface area contributed by atoms with E-state index in [9.17, 15) is 0 Å². The van der Waals surface area contributed by atoms with Gasteiger partial charge in [-0.1, -0.05) is 49.4 Å². The van der Waals surface area contributed by atoms with Gasteiger partial charge < -0.3 is 0 Å². The summed E-state index contributed by atoms with van der Waals surface area (Å²) in [6.07, 6.45) is 11.5. The minimum absolute atomic E-state index is 0.948. The molecule has 0 heterocycles. The molecule has 0 saturated carbocycles. The molecule has 0 atom stereocenters. The third-order valence-corrected chi connectivity index (χ3v) is 2.41. The summed E-state index contributed by atoms with van der Waals surface area (Å²) in [5.74, 6) is 0. The molecule has 1 aromatic rings. The predicted molar refractivity (Wildman–Crippen MR) is 77.1 cm³/mol. The molecule has 3 heteroatoms. The van der Waals surface area contributed by atoms with Crippen molar-refractivity contribution in [1.29, 1.82) is 0 Å². The normalized spacial score (nSPS) is 12.6. The molecule has 0 bridgehead atoms. The van der Waals surface area contributed by atoms with Gasteiger partial charge in [0.25, 0.3) is 0 Å². The van der Waals surface area contributed by atoms with Gasteiger partial charge in [0.15, 0.2) is 0 Å². The van der Waals surface area contributed by atoms with E-state index in [4.69, 9.17) is 0 Å². The number of allylic oxidation sites excluding steroid dienone is 4. The first-order valence-corrected chi connectivity index (χ1v) is 6.08. The van der Waals surface area contributed by atoms with E-state index in [0.717, 1.165) is 12.8 Å². The van der Waals surface area contributed by atoms with Crippen molar-refractivity contribution in [1.82, 2.24) is 0 Å². The minimum Gasteiger partial charge on any atom is -0.172 e. The van der Waals surface area contributed by atoms with E-state index in [1.807, 2.05) is 18.2 Å². The standard InChI is InChI=1S/C15H19N3/c1-3-14-10-8-11-15(13-14)9-6-4-5-7-12-17-18-16-2/h4-8,10-13H,3,9H2,1-2H3/b6-4+,7-5+,17-12+,18-16?. The summed E-state index contributed by atoms with van der Waals surface area (Å²) in [7, 11) is 1.59. The molecular formula is C15H19N3. The first kappa shape index (κ1) is 14.0. The number of benzene rings is 1. The van der Waals surface area contributed by atoms with E-state index in [1.54, 1.807) is 13.3 Å². The third-order valence-electron chi connectivity index (χ3n) is 2.41. The van der Waals surface area contributed by atoms with Gasteiger partial charge >= 0.3 is 0 Å². The molecule has 3 nitrogen and oxygen atoms in total. The number of hydrogen-bond donors (Lipinski definition) is 0. The molecule has 0 aromatic heterocycles.